The van der Waals surface area contributed by atoms with Gasteiger partial charge in [-0.05, 0) is 23.8 Å². The molecule has 0 saturated heterocycles. The molecule has 0 unspecified atom stereocenters. The second kappa shape index (κ2) is 4.65. The summed E-state index contributed by atoms with van der Waals surface area (Å²) in [5, 5.41) is 8.75. The van der Waals surface area contributed by atoms with Crippen LogP contribution in [0.15, 0.2) is 53.5 Å². The van der Waals surface area contributed by atoms with Crippen LogP contribution in [0.1, 0.15) is 15.9 Å². The molecule has 0 aliphatic rings. The molecule has 0 aliphatic heterocycles. The van der Waals surface area contributed by atoms with Crippen molar-refractivity contribution in [2.24, 2.45) is 0 Å². The Morgan fingerprint density at radius 3 is 2.41 bits per heavy atom. The van der Waals surface area contributed by atoms with Gasteiger partial charge in [0.1, 0.15) is 0 Å². The number of hydrogen-bond acceptors (Lipinski definition) is 2. The zero-order chi connectivity index (χ0) is 12.3. The number of aromatic carboxylic acids is 1. The van der Waals surface area contributed by atoms with Crippen molar-refractivity contribution in [2.45, 2.75) is 6.54 Å². The summed E-state index contributed by atoms with van der Waals surface area (Å²) in [6.07, 6.45) is 1.70. The zero-order valence-electron chi connectivity index (χ0n) is 9.04. The van der Waals surface area contributed by atoms with E-state index in [-0.39, 0.29) is 11.1 Å². The second-order valence-corrected chi connectivity index (χ2v) is 3.67. The van der Waals surface area contributed by atoms with Gasteiger partial charge in [-0.1, -0.05) is 18.2 Å². The van der Waals surface area contributed by atoms with Gasteiger partial charge in [0, 0.05) is 12.3 Å². The number of carbonyl (C=O) groups is 1. The lowest BCUT2D eigenvalue weighted by Gasteiger charge is -2.05. The van der Waals surface area contributed by atoms with Crippen molar-refractivity contribution < 1.29 is 9.90 Å². The molecule has 0 aliphatic carbocycles. The van der Waals surface area contributed by atoms with Crippen molar-refractivity contribution in [1.29, 1.82) is 0 Å². The number of hydrogen-bond donors (Lipinski definition) is 1. The van der Waals surface area contributed by atoms with Crippen LogP contribution in [-0.2, 0) is 6.54 Å². The molecule has 2 aromatic rings. The van der Waals surface area contributed by atoms with Crippen LogP contribution >= 0.6 is 0 Å². The maximum absolute atomic E-state index is 11.5. The van der Waals surface area contributed by atoms with Crippen molar-refractivity contribution in [3.05, 3.63) is 70.1 Å². The van der Waals surface area contributed by atoms with Gasteiger partial charge in [-0.2, -0.15) is 0 Å². The van der Waals surface area contributed by atoms with Crippen LogP contribution in [0.4, 0.5) is 0 Å². The van der Waals surface area contributed by atoms with Crippen LogP contribution in [0.2, 0.25) is 0 Å². The van der Waals surface area contributed by atoms with Crippen molar-refractivity contribution in [1.82, 2.24) is 4.57 Å². The van der Waals surface area contributed by atoms with Crippen LogP contribution in [-0.4, -0.2) is 15.6 Å². The minimum absolute atomic E-state index is 0.0742. The maximum atomic E-state index is 11.5. The highest BCUT2D eigenvalue weighted by molar-refractivity contribution is 5.87. The highest BCUT2D eigenvalue weighted by Crippen LogP contribution is 2.05. The number of carboxylic acids is 1. The molecule has 1 heterocycles. The van der Waals surface area contributed by atoms with Gasteiger partial charge in [0.05, 0.1) is 12.1 Å². The molecule has 1 N–H and O–H groups in total. The molecule has 2 rings (SSSR count). The van der Waals surface area contributed by atoms with Crippen LogP contribution in [0.3, 0.4) is 0 Å². The van der Waals surface area contributed by atoms with Gasteiger partial charge in [-0.25, -0.2) is 4.79 Å². The van der Waals surface area contributed by atoms with Gasteiger partial charge in [-0.3, -0.25) is 4.79 Å². The van der Waals surface area contributed by atoms with E-state index in [2.05, 4.69) is 0 Å². The number of pyridine rings is 1. The fourth-order valence-electron chi connectivity index (χ4n) is 1.54. The van der Waals surface area contributed by atoms with E-state index in [4.69, 9.17) is 5.11 Å². The van der Waals surface area contributed by atoms with E-state index >= 15 is 0 Å². The molecule has 86 valence electrons. The predicted molar refractivity (Wildman–Crippen MR) is 63.2 cm³/mol. The Bertz CT molecular complexity index is 584. The minimum Gasteiger partial charge on any atom is -0.478 e. The average molecular weight is 229 g/mol. The number of benzene rings is 1. The summed E-state index contributed by atoms with van der Waals surface area (Å²) in [5.74, 6) is -0.951. The van der Waals surface area contributed by atoms with Crippen molar-refractivity contribution in [3.8, 4) is 0 Å². The molecule has 0 radical (unpaired) electrons. The van der Waals surface area contributed by atoms with Crippen LogP contribution < -0.4 is 5.56 Å². The first kappa shape index (κ1) is 11.1. The third-order valence-corrected chi connectivity index (χ3v) is 2.45. The standard InChI is InChI=1S/C13H11NO3/c15-12-3-1-2-8-14(12)9-10-4-6-11(7-5-10)13(16)17/h1-8H,9H2,(H,16,17). The Kier molecular flexibility index (Phi) is 3.05. The Morgan fingerprint density at radius 1 is 1.12 bits per heavy atom. The van der Waals surface area contributed by atoms with Gasteiger partial charge in [0.25, 0.3) is 5.56 Å². The van der Waals surface area contributed by atoms with Crippen LogP contribution in [0.5, 0.6) is 0 Å². The lowest BCUT2D eigenvalue weighted by Crippen LogP contribution is -2.18. The zero-order valence-corrected chi connectivity index (χ0v) is 9.04. The molecule has 0 spiro atoms. The fourth-order valence-corrected chi connectivity index (χ4v) is 1.54. The van der Waals surface area contributed by atoms with Gasteiger partial charge in [0.2, 0.25) is 0 Å². The molecule has 4 nitrogen and oxygen atoms in total. The predicted octanol–water partition coefficient (Wildman–Crippen LogP) is 1.59. The average Bonchev–Trinajstić information content (AvgIpc) is 2.33. The Hall–Kier alpha value is -2.36. The normalized spacial score (nSPS) is 10.1. The molecule has 0 atom stereocenters. The number of carboxylic acid groups (broad SMARTS) is 1. The number of aromatic nitrogens is 1. The maximum Gasteiger partial charge on any atom is 0.335 e. The van der Waals surface area contributed by atoms with E-state index in [0.717, 1.165) is 5.56 Å². The summed E-state index contributed by atoms with van der Waals surface area (Å²) in [7, 11) is 0. The Balaban J connectivity index is 2.23. The molecule has 0 fully saturated rings. The molecule has 1 aromatic heterocycles. The van der Waals surface area contributed by atoms with Gasteiger partial charge in [0.15, 0.2) is 0 Å². The molecule has 0 saturated carbocycles. The fraction of sp³-hybridized carbons (Fsp3) is 0.0769. The summed E-state index contributed by atoms with van der Waals surface area (Å²) >= 11 is 0. The summed E-state index contributed by atoms with van der Waals surface area (Å²) in [4.78, 5) is 22.1. The first-order valence-corrected chi connectivity index (χ1v) is 5.14. The number of rotatable bonds is 3. The molecular formula is C13H11NO3. The summed E-state index contributed by atoms with van der Waals surface area (Å²) in [5.41, 5.74) is 1.06. The van der Waals surface area contributed by atoms with E-state index in [1.54, 1.807) is 35.0 Å². The minimum atomic E-state index is -0.951. The number of nitrogens with zero attached hydrogens (tertiary/aromatic N) is 1. The third kappa shape index (κ3) is 2.60. The monoisotopic (exact) mass is 229 g/mol. The molecular weight excluding hydrogens is 218 g/mol. The molecule has 0 amide bonds. The smallest absolute Gasteiger partial charge is 0.335 e. The molecule has 17 heavy (non-hydrogen) atoms. The van der Waals surface area contributed by atoms with Gasteiger partial charge < -0.3 is 9.67 Å². The highest BCUT2D eigenvalue weighted by atomic mass is 16.4. The van der Waals surface area contributed by atoms with Crippen molar-refractivity contribution in [3.63, 3.8) is 0 Å². The molecule has 4 heteroatoms. The van der Waals surface area contributed by atoms with E-state index < -0.39 is 5.97 Å². The lowest BCUT2D eigenvalue weighted by molar-refractivity contribution is 0.0697. The molecule has 1 aromatic carbocycles. The van der Waals surface area contributed by atoms with Gasteiger partial charge in [-0.15, -0.1) is 0 Å². The topological polar surface area (TPSA) is 59.3 Å². The van der Waals surface area contributed by atoms with E-state index in [1.807, 2.05) is 0 Å². The first-order chi connectivity index (χ1) is 8.16. The SMILES string of the molecule is O=C(O)c1ccc(Cn2ccccc2=O)cc1. The van der Waals surface area contributed by atoms with Crippen molar-refractivity contribution >= 4 is 5.97 Å². The third-order valence-electron chi connectivity index (χ3n) is 2.45. The summed E-state index contributed by atoms with van der Waals surface area (Å²) in [6, 6.07) is 11.5. The molecule has 0 bridgehead atoms. The Labute approximate surface area is 97.8 Å². The lowest BCUT2D eigenvalue weighted by atomic mass is 10.1. The highest BCUT2D eigenvalue weighted by Gasteiger charge is 2.02. The second-order valence-electron chi connectivity index (χ2n) is 3.67. The summed E-state index contributed by atoms with van der Waals surface area (Å²) < 4.78 is 1.57. The van der Waals surface area contributed by atoms with E-state index in [1.165, 1.54) is 18.2 Å². The van der Waals surface area contributed by atoms with Crippen LogP contribution in [0, 0.1) is 0 Å². The van der Waals surface area contributed by atoms with Crippen LogP contribution in [0.25, 0.3) is 0 Å². The first-order valence-electron chi connectivity index (χ1n) is 5.14. The van der Waals surface area contributed by atoms with E-state index in [0.29, 0.717) is 6.54 Å². The quantitative estimate of drug-likeness (QED) is 0.869. The summed E-state index contributed by atoms with van der Waals surface area (Å²) in [6.45, 7) is 0.444. The van der Waals surface area contributed by atoms with E-state index in [9.17, 15) is 9.59 Å². The Morgan fingerprint density at radius 2 is 1.82 bits per heavy atom. The van der Waals surface area contributed by atoms with Crippen molar-refractivity contribution in [2.75, 3.05) is 0 Å². The largest absolute Gasteiger partial charge is 0.478 e. The van der Waals surface area contributed by atoms with Gasteiger partial charge >= 0.3 is 5.97 Å².